The largest absolute Gasteiger partial charge is 0.327 e. The molecule has 0 spiro atoms. The van der Waals surface area contributed by atoms with Gasteiger partial charge >= 0.3 is 0 Å². The summed E-state index contributed by atoms with van der Waals surface area (Å²) in [5.74, 6) is -0.600. The van der Waals surface area contributed by atoms with E-state index in [1.165, 1.54) is 17.0 Å². The Labute approximate surface area is 171 Å². The maximum atomic E-state index is 12.8. The summed E-state index contributed by atoms with van der Waals surface area (Å²) in [6.45, 7) is 0.477. The van der Waals surface area contributed by atoms with Crippen LogP contribution in [-0.4, -0.2) is 29.3 Å². The van der Waals surface area contributed by atoms with Crippen molar-refractivity contribution in [3.63, 3.8) is 0 Å². The molecule has 4 nitrogen and oxygen atoms in total. The van der Waals surface area contributed by atoms with E-state index in [-0.39, 0.29) is 11.8 Å². The fourth-order valence-corrected chi connectivity index (χ4v) is 3.80. The van der Waals surface area contributed by atoms with E-state index < -0.39 is 6.04 Å². The molecular weight excluding hydrogens is 418 g/mol. The van der Waals surface area contributed by atoms with Crippen LogP contribution in [0.15, 0.2) is 36.4 Å². The number of hydrogen-bond acceptors (Lipinski definition) is 2. The molecule has 1 heterocycles. The zero-order chi connectivity index (χ0) is 18.8. The molecule has 0 aromatic heterocycles. The molecule has 1 atom stereocenters. The fraction of sp³-hybridized carbons (Fsp3) is 0.222. The van der Waals surface area contributed by atoms with Crippen LogP contribution in [0, 0.1) is 0 Å². The van der Waals surface area contributed by atoms with Crippen molar-refractivity contribution < 1.29 is 9.59 Å². The minimum atomic E-state index is -0.602. The van der Waals surface area contributed by atoms with Crippen LogP contribution >= 0.6 is 46.4 Å². The minimum Gasteiger partial charge on any atom is -0.327 e. The first-order valence-electron chi connectivity index (χ1n) is 7.88. The molecule has 1 fully saturated rings. The van der Waals surface area contributed by atoms with E-state index in [4.69, 9.17) is 46.4 Å². The Balaban J connectivity index is 1.80. The summed E-state index contributed by atoms with van der Waals surface area (Å²) in [4.78, 5) is 27.0. The van der Waals surface area contributed by atoms with Gasteiger partial charge in [-0.15, -0.1) is 0 Å². The maximum Gasteiger partial charge on any atom is 0.254 e. The third-order valence-corrected chi connectivity index (χ3v) is 5.11. The van der Waals surface area contributed by atoms with E-state index in [0.29, 0.717) is 44.3 Å². The quantitative estimate of drug-likeness (QED) is 0.693. The highest BCUT2D eigenvalue weighted by molar-refractivity contribution is 6.36. The van der Waals surface area contributed by atoms with Crippen LogP contribution in [0.2, 0.25) is 20.1 Å². The number of hydrogen-bond donors (Lipinski definition) is 1. The van der Waals surface area contributed by atoms with Crippen molar-refractivity contribution in [1.82, 2.24) is 4.90 Å². The highest BCUT2D eigenvalue weighted by Crippen LogP contribution is 2.28. The second-order valence-electron chi connectivity index (χ2n) is 5.93. The molecule has 8 heteroatoms. The standard InChI is InChI=1S/C18H14Cl4N2O2/c19-11-3-4-14(22)15(9-11)23-17(25)16-2-1-5-24(16)18(26)10-6-12(20)8-13(21)7-10/h3-4,6-9,16H,1-2,5H2,(H,23,25). The minimum absolute atomic E-state index is 0.288. The molecule has 1 saturated heterocycles. The molecule has 2 aromatic rings. The van der Waals surface area contributed by atoms with Gasteiger partial charge in [0.25, 0.3) is 5.91 Å². The molecule has 0 aliphatic carbocycles. The Morgan fingerprint density at radius 2 is 1.65 bits per heavy atom. The highest BCUT2D eigenvalue weighted by atomic mass is 35.5. The normalized spacial score (nSPS) is 16.6. The van der Waals surface area contributed by atoms with E-state index in [2.05, 4.69) is 5.32 Å². The SMILES string of the molecule is O=C(Nc1cc(Cl)ccc1Cl)C1CCCN1C(=O)c1cc(Cl)cc(Cl)c1. The van der Waals surface area contributed by atoms with Crippen LogP contribution < -0.4 is 5.32 Å². The van der Waals surface area contributed by atoms with Gasteiger partial charge in [0.1, 0.15) is 6.04 Å². The molecule has 1 aliphatic rings. The van der Waals surface area contributed by atoms with Crippen molar-refractivity contribution in [2.75, 3.05) is 11.9 Å². The van der Waals surface area contributed by atoms with Gasteiger partial charge in [0.15, 0.2) is 0 Å². The Morgan fingerprint density at radius 1 is 0.962 bits per heavy atom. The summed E-state index contributed by atoms with van der Waals surface area (Å²) >= 11 is 24.0. The summed E-state index contributed by atoms with van der Waals surface area (Å²) in [5, 5.41) is 4.32. The molecule has 136 valence electrons. The highest BCUT2D eigenvalue weighted by Gasteiger charge is 2.35. The van der Waals surface area contributed by atoms with E-state index in [1.54, 1.807) is 24.3 Å². The number of nitrogens with zero attached hydrogens (tertiary/aromatic N) is 1. The summed E-state index contributed by atoms with van der Waals surface area (Å²) in [6.07, 6.45) is 1.28. The summed E-state index contributed by atoms with van der Waals surface area (Å²) in [6, 6.07) is 8.83. The van der Waals surface area contributed by atoms with Crippen molar-refractivity contribution in [3.8, 4) is 0 Å². The maximum absolute atomic E-state index is 12.8. The van der Waals surface area contributed by atoms with E-state index >= 15 is 0 Å². The lowest BCUT2D eigenvalue weighted by Gasteiger charge is -2.24. The molecular formula is C18H14Cl4N2O2. The predicted octanol–water partition coefficient (Wildman–Crippen LogP) is 5.54. The predicted molar refractivity (Wildman–Crippen MR) is 106 cm³/mol. The summed E-state index contributed by atoms with van der Waals surface area (Å²) in [5.41, 5.74) is 0.761. The molecule has 1 aliphatic heterocycles. The van der Waals surface area contributed by atoms with Crippen LogP contribution in [0.1, 0.15) is 23.2 Å². The first-order valence-corrected chi connectivity index (χ1v) is 9.39. The summed E-state index contributed by atoms with van der Waals surface area (Å²) in [7, 11) is 0. The van der Waals surface area contributed by atoms with Gasteiger partial charge in [-0.3, -0.25) is 9.59 Å². The second kappa shape index (κ2) is 8.05. The average Bonchev–Trinajstić information content (AvgIpc) is 3.06. The Hall–Kier alpha value is -1.46. The molecule has 2 amide bonds. The van der Waals surface area contributed by atoms with E-state index in [1.807, 2.05) is 0 Å². The molecule has 0 radical (unpaired) electrons. The molecule has 0 saturated carbocycles. The van der Waals surface area contributed by atoms with Crippen LogP contribution in [0.25, 0.3) is 0 Å². The van der Waals surface area contributed by atoms with Gasteiger partial charge in [-0.05, 0) is 49.2 Å². The van der Waals surface area contributed by atoms with Gasteiger partial charge in [0.2, 0.25) is 5.91 Å². The van der Waals surface area contributed by atoms with Gasteiger partial charge in [0, 0.05) is 27.2 Å². The van der Waals surface area contributed by atoms with Crippen molar-refractivity contribution >= 4 is 63.9 Å². The van der Waals surface area contributed by atoms with E-state index in [9.17, 15) is 9.59 Å². The first kappa shape index (κ1) is 19.3. The number of benzene rings is 2. The zero-order valence-corrected chi connectivity index (χ0v) is 16.5. The average molecular weight is 432 g/mol. The lowest BCUT2D eigenvalue weighted by Crippen LogP contribution is -2.43. The van der Waals surface area contributed by atoms with Crippen LogP contribution in [0.5, 0.6) is 0 Å². The number of rotatable bonds is 3. The molecule has 2 aromatic carbocycles. The molecule has 26 heavy (non-hydrogen) atoms. The molecule has 3 rings (SSSR count). The second-order valence-corrected chi connectivity index (χ2v) is 7.64. The fourth-order valence-electron chi connectivity index (χ4n) is 2.93. The molecule has 1 N–H and O–H groups in total. The number of carbonyl (C=O) groups is 2. The lowest BCUT2D eigenvalue weighted by atomic mass is 10.1. The third-order valence-electron chi connectivity index (χ3n) is 4.11. The molecule has 1 unspecified atom stereocenters. The number of anilines is 1. The van der Waals surface area contributed by atoms with Crippen LogP contribution in [0.4, 0.5) is 5.69 Å². The Morgan fingerprint density at radius 3 is 2.35 bits per heavy atom. The summed E-state index contributed by atoms with van der Waals surface area (Å²) < 4.78 is 0. The number of nitrogens with one attached hydrogen (secondary N) is 1. The lowest BCUT2D eigenvalue weighted by molar-refractivity contribution is -0.119. The Bertz CT molecular complexity index is 852. The number of halogens is 4. The third kappa shape index (κ3) is 4.26. The van der Waals surface area contributed by atoms with Crippen molar-refractivity contribution in [2.45, 2.75) is 18.9 Å². The van der Waals surface area contributed by atoms with Crippen molar-refractivity contribution in [3.05, 3.63) is 62.1 Å². The van der Waals surface area contributed by atoms with Gasteiger partial charge in [-0.25, -0.2) is 0 Å². The topological polar surface area (TPSA) is 49.4 Å². The number of likely N-dealkylation sites (tertiary alicyclic amines) is 1. The van der Waals surface area contributed by atoms with Gasteiger partial charge in [-0.1, -0.05) is 46.4 Å². The van der Waals surface area contributed by atoms with Gasteiger partial charge < -0.3 is 10.2 Å². The number of carbonyl (C=O) groups excluding carboxylic acids is 2. The monoisotopic (exact) mass is 430 g/mol. The van der Waals surface area contributed by atoms with E-state index in [0.717, 1.165) is 6.42 Å². The van der Waals surface area contributed by atoms with Crippen LogP contribution in [0.3, 0.4) is 0 Å². The van der Waals surface area contributed by atoms with Gasteiger partial charge in [0.05, 0.1) is 10.7 Å². The van der Waals surface area contributed by atoms with Crippen molar-refractivity contribution in [2.24, 2.45) is 0 Å². The Kier molecular flexibility index (Phi) is 5.98. The zero-order valence-electron chi connectivity index (χ0n) is 13.4. The van der Waals surface area contributed by atoms with Gasteiger partial charge in [-0.2, -0.15) is 0 Å². The van der Waals surface area contributed by atoms with Crippen LogP contribution in [-0.2, 0) is 4.79 Å². The molecule has 0 bridgehead atoms. The van der Waals surface area contributed by atoms with Crippen molar-refractivity contribution in [1.29, 1.82) is 0 Å². The number of amides is 2. The first-order chi connectivity index (χ1) is 12.3. The smallest absolute Gasteiger partial charge is 0.254 e.